The molecule has 3 rings (SSSR count). The van der Waals surface area contributed by atoms with Crippen LogP contribution in [0.2, 0.25) is 0 Å². The highest BCUT2D eigenvalue weighted by atomic mass is 16.4. The predicted molar refractivity (Wildman–Crippen MR) is 65.3 cm³/mol. The van der Waals surface area contributed by atoms with Crippen molar-refractivity contribution in [2.75, 3.05) is 0 Å². The molecule has 90 valence electrons. The summed E-state index contributed by atoms with van der Waals surface area (Å²) in [5.41, 5.74) is 2.24. The Morgan fingerprint density at radius 3 is 2.89 bits per heavy atom. The third-order valence-corrected chi connectivity index (χ3v) is 2.81. The Morgan fingerprint density at radius 1 is 1.39 bits per heavy atom. The zero-order valence-electron chi connectivity index (χ0n) is 9.58. The summed E-state index contributed by atoms with van der Waals surface area (Å²) in [7, 11) is 1.60. The molecule has 0 aliphatic heterocycles. The van der Waals surface area contributed by atoms with Crippen LogP contribution in [0, 0.1) is 0 Å². The molecule has 0 amide bonds. The number of nitrogens with zero attached hydrogens (tertiary/aromatic N) is 3. The summed E-state index contributed by atoms with van der Waals surface area (Å²) in [5.74, 6) is -1.00. The van der Waals surface area contributed by atoms with Crippen LogP contribution in [-0.4, -0.2) is 31.1 Å². The second-order valence-electron chi connectivity index (χ2n) is 3.96. The molecule has 0 unspecified atom stereocenters. The third kappa shape index (κ3) is 1.46. The second-order valence-corrected chi connectivity index (χ2v) is 3.96. The van der Waals surface area contributed by atoms with E-state index in [1.54, 1.807) is 7.05 Å². The summed E-state index contributed by atoms with van der Waals surface area (Å²) in [5, 5.41) is 21.2. The number of hydrogen-bond donors (Lipinski definition) is 2. The maximum Gasteiger partial charge on any atom is 0.354 e. The molecule has 3 aromatic rings. The lowest BCUT2D eigenvalue weighted by molar-refractivity contribution is 0.0685. The van der Waals surface area contributed by atoms with E-state index >= 15 is 0 Å². The highest BCUT2D eigenvalue weighted by molar-refractivity contribution is 5.93. The van der Waals surface area contributed by atoms with E-state index in [0.717, 1.165) is 10.9 Å². The van der Waals surface area contributed by atoms with Gasteiger partial charge in [0.25, 0.3) is 0 Å². The summed E-state index contributed by atoms with van der Waals surface area (Å²) in [6.45, 7) is 0. The standard InChI is InChI=1S/C12H10N4O2/c1-16-10(12(17)18)6-9(15-16)11-7-4-2-3-5-8(7)13-14-11/h2-6H,1H3,(H,13,14)(H,17,18). The van der Waals surface area contributed by atoms with Gasteiger partial charge in [-0.05, 0) is 6.07 Å². The van der Waals surface area contributed by atoms with Gasteiger partial charge in [0.15, 0.2) is 0 Å². The molecule has 0 saturated heterocycles. The van der Waals surface area contributed by atoms with E-state index in [4.69, 9.17) is 5.11 Å². The first-order valence-electron chi connectivity index (χ1n) is 5.37. The summed E-state index contributed by atoms with van der Waals surface area (Å²) in [6, 6.07) is 9.16. The molecule has 0 aliphatic carbocycles. The first kappa shape index (κ1) is 10.5. The number of aromatic carboxylic acids is 1. The maximum absolute atomic E-state index is 11.0. The van der Waals surface area contributed by atoms with Crippen molar-refractivity contribution in [3.63, 3.8) is 0 Å². The number of aromatic amines is 1. The lowest BCUT2D eigenvalue weighted by Gasteiger charge is -1.92. The average Bonchev–Trinajstić information content (AvgIpc) is 2.92. The molecule has 0 spiro atoms. The number of nitrogens with one attached hydrogen (secondary N) is 1. The van der Waals surface area contributed by atoms with Gasteiger partial charge in [-0.25, -0.2) is 4.79 Å². The van der Waals surface area contributed by atoms with Gasteiger partial charge >= 0.3 is 5.97 Å². The minimum absolute atomic E-state index is 0.136. The minimum atomic E-state index is -1.00. The zero-order chi connectivity index (χ0) is 12.7. The van der Waals surface area contributed by atoms with Gasteiger partial charge in [0.2, 0.25) is 0 Å². The summed E-state index contributed by atoms with van der Waals surface area (Å²) < 4.78 is 1.33. The van der Waals surface area contributed by atoms with Crippen molar-refractivity contribution in [1.29, 1.82) is 0 Å². The van der Waals surface area contributed by atoms with Crippen LogP contribution < -0.4 is 0 Å². The van der Waals surface area contributed by atoms with Crippen LogP contribution in [0.5, 0.6) is 0 Å². The Kier molecular flexibility index (Phi) is 2.16. The first-order valence-corrected chi connectivity index (χ1v) is 5.37. The van der Waals surface area contributed by atoms with Crippen LogP contribution in [0.4, 0.5) is 0 Å². The number of rotatable bonds is 2. The van der Waals surface area contributed by atoms with E-state index in [9.17, 15) is 4.79 Å². The van der Waals surface area contributed by atoms with Crippen LogP contribution in [-0.2, 0) is 7.05 Å². The number of aromatic nitrogens is 4. The SMILES string of the molecule is Cn1nc(-c2n[nH]c3ccccc23)cc1C(=O)O. The van der Waals surface area contributed by atoms with Crippen molar-refractivity contribution in [3.8, 4) is 11.4 Å². The minimum Gasteiger partial charge on any atom is -0.477 e. The van der Waals surface area contributed by atoms with Gasteiger partial charge in [0.1, 0.15) is 17.1 Å². The number of H-pyrrole nitrogens is 1. The first-order chi connectivity index (χ1) is 8.66. The molecule has 2 aromatic heterocycles. The van der Waals surface area contributed by atoms with Gasteiger partial charge in [-0.1, -0.05) is 18.2 Å². The topological polar surface area (TPSA) is 83.8 Å². The van der Waals surface area contributed by atoms with E-state index in [2.05, 4.69) is 15.3 Å². The molecule has 0 atom stereocenters. The van der Waals surface area contributed by atoms with E-state index < -0.39 is 5.97 Å². The van der Waals surface area contributed by atoms with Gasteiger partial charge < -0.3 is 5.11 Å². The molecule has 0 aliphatic rings. The van der Waals surface area contributed by atoms with Crippen LogP contribution in [0.15, 0.2) is 30.3 Å². The predicted octanol–water partition coefficient (Wildman–Crippen LogP) is 1.66. The molecule has 2 heterocycles. The fraction of sp³-hybridized carbons (Fsp3) is 0.0833. The van der Waals surface area contributed by atoms with Gasteiger partial charge in [0, 0.05) is 18.5 Å². The van der Waals surface area contributed by atoms with E-state index in [0.29, 0.717) is 11.4 Å². The van der Waals surface area contributed by atoms with Crippen molar-refractivity contribution >= 4 is 16.9 Å². The molecule has 0 radical (unpaired) electrons. The monoisotopic (exact) mass is 242 g/mol. The fourth-order valence-electron chi connectivity index (χ4n) is 1.94. The molecular formula is C12H10N4O2. The molecule has 18 heavy (non-hydrogen) atoms. The number of carboxylic acid groups (broad SMARTS) is 1. The van der Waals surface area contributed by atoms with Crippen molar-refractivity contribution in [2.45, 2.75) is 0 Å². The normalized spacial score (nSPS) is 10.9. The quantitative estimate of drug-likeness (QED) is 0.715. The Labute approximate surface area is 102 Å². The number of para-hydroxylation sites is 1. The summed E-state index contributed by atoms with van der Waals surface area (Å²) in [4.78, 5) is 11.0. The molecule has 6 heteroatoms. The lowest BCUT2D eigenvalue weighted by atomic mass is 10.1. The zero-order valence-corrected chi connectivity index (χ0v) is 9.58. The summed E-state index contributed by atoms with van der Waals surface area (Å²) in [6.07, 6.45) is 0. The Bertz CT molecular complexity index is 741. The molecule has 2 N–H and O–H groups in total. The third-order valence-electron chi connectivity index (χ3n) is 2.81. The highest BCUT2D eigenvalue weighted by Crippen LogP contribution is 2.25. The van der Waals surface area contributed by atoms with Crippen LogP contribution >= 0.6 is 0 Å². The number of aryl methyl sites for hydroxylation is 1. The second kappa shape index (κ2) is 3.69. The van der Waals surface area contributed by atoms with Crippen molar-refractivity contribution in [3.05, 3.63) is 36.0 Å². The van der Waals surface area contributed by atoms with E-state index in [-0.39, 0.29) is 5.69 Å². The number of carboxylic acids is 1. The van der Waals surface area contributed by atoms with Gasteiger partial charge in [-0.3, -0.25) is 9.78 Å². The number of benzene rings is 1. The van der Waals surface area contributed by atoms with Gasteiger partial charge in [-0.2, -0.15) is 10.2 Å². The number of carbonyl (C=O) groups is 1. The Hall–Kier alpha value is -2.63. The average molecular weight is 242 g/mol. The van der Waals surface area contributed by atoms with Crippen molar-refractivity contribution in [1.82, 2.24) is 20.0 Å². The smallest absolute Gasteiger partial charge is 0.354 e. The van der Waals surface area contributed by atoms with Crippen LogP contribution in [0.1, 0.15) is 10.5 Å². The van der Waals surface area contributed by atoms with Crippen molar-refractivity contribution < 1.29 is 9.90 Å². The molecular weight excluding hydrogens is 232 g/mol. The molecule has 0 saturated carbocycles. The van der Waals surface area contributed by atoms with Gasteiger partial charge in [0.05, 0.1) is 5.52 Å². The molecule has 0 bridgehead atoms. The Balaban J connectivity index is 2.20. The lowest BCUT2D eigenvalue weighted by Crippen LogP contribution is -2.04. The van der Waals surface area contributed by atoms with E-state index in [1.165, 1.54) is 10.7 Å². The Morgan fingerprint density at radius 2 is 2.17 bits per heavy atom. The summed E-state index contributed by atoms with van der Waals surface area (Å²) >= 11 is 0. The number of hydrogen-bond acceptors (Lipinski definition) is 3. The molecule has 6 nitrogen and oxygen atoms in total. The highest BCUT2D eigenvalue weighted by Gasteiger charge is 2.16. The number of fused-ring (bicyclic) bond motifs is 1. The van der Waals surface area contributed by atoms with Crippen LogP contribution in [0.25, 0.3) is 22.3 Å². The van der Waals surface area contributed by atoms with Crippen molar-refractivity contribution in [2.24, 2.45) is 7.05 Å². The van der Waals surface area contributed by atoms with Crippen LogP contribution in [0.3, 0.4) is 0 Å². The maximum atomic E-state index is 11.0. The fourth-order valence-corrected chi connectivity index (χ4v) is 1.94. The molecule has 1 aromatic carbocycles. The largest absolute Gasteiger partial charge is 0.477 e. The van der Waals surface area contributed by atoms with E-state index in [1.807, 2.05) is 24.3 Å². The molecule has 0 fully saturated rings. The van der Waals surface area contributed by atoms with Gasteiger partial charge in [-0.15, -0.1) is 0 Å².